The molecule has 220 valence electrons. The summed E-state index contributed by atoms with van der Waals surface area (Å²) in [6.45, 7) is 1.33. The number of hydrogen-bond acceptors (Lipinski definition) is 6. The van der Waals surface area contributed by atoms with Crippen LogP contribution < -0.4 is 19.1 Å². The van der Waals surface area contributed by atoms with Gasteiger partial charge in [-0.05, 0) is 79.0 Å². The van der Waals surface area contributed by atoms with Crippen molar-refractivity contribution >= 4 is 53.8 Å². The van der Waals surface area contributed by atoms with Crippen molar-refractivity contribution in [3.05, 3.63) is 121 Å². The number of sulfonamides is 2. The Morgan fingerprint density at radius 2 is 1.37 bits per heavy atom. The molecule has 0 aliphatic carbocycles. The minimum Gasteiger partial charge on any atom is -0.497 e. The molecule has 5 aromatic carbocycles. The molecule has 5 rings (SSSR count). The minimum atomic E-state index is -4.11. The summed E-state index contributed by atoms with van der Waals surface area (Å²) in [6, 6.07) is 31.1. The van der Waals surface area contributed by atoms with Crippen LogP contribution in [-0.4, -0.2) is 36.4 Å². The summed E-state index contributed by atoms with van der Waals surface area (Å²) >= 11 is 0. The van der Waals surface area contributed by atoms with E-state index in [1.165, 1.54) is 43.5 Å². The number of carbonyl (C=O) groups excluding carboxylic acids is 1. The number of fused-ring (bicyclic) bond motifs is 1. The second kappa shape index (κ2) is 12.2. The maximum Gasteiger partial charge on any atom is 0.264 e. The molecule has 0 unspecified atom stereocenters. The van der Waals surface area contributed by atoms with Gasteiger partial charge in [-0.25, -0.2) is 16.8 Å². The number of nitrogens with zero attached hydrogens (tertiary/aromatic N) is 1. The van der Waals surface area contributed by atoms with Crippen molar-refractivity contribution in [3.63, 3.8) is 0 Å². The second-order valence-corrected chi connectivity index (χ2v) is 13.3. The lowest BCUT2D eigenvalue weighted by atomic mass is 10.1. The normalized spacial score (nSPS) is 11.6. The Labute approximate surface area is 250 Å². The second-order valence-electron chi connectivity index (χ2n) is 9.73. The lowest BCUT2D eigenvalue weighted by Gasteiger charge is -2.24. The van der Waals surface area contributed by atoms with E-state index in [1.807, 2.05) is 37.3 Å². The predicted octanol–water partition coefficient (Wildman–Crippen LogP) is 5.79. The molecule has 0 aliphatic heterocycles. The van der Waals surface area contributed by atoms with E-state index in [2.05, 4.69) is 10.0 Å². The number of anilines is 3. The van der Waals surface area contributed by atoms with Crippen LogP contribution in [0.15, 0.2) is 125 Å². The molecule has 0 heterocycles. The van der Waals surface area contributed by atoms with Crippen LogP contribution in [0.3, 0.4) is 0 Å². The molecule has 0 aromatic heterocycles. The van der Waals surface area contributed by atoms with Crippen molar-refractivity contribution in [2.75, 3.05) is 28.0 Å². The molecule has 0 atom stereocenters. The smallest absolute Gasteiger partial charge is 0.264 e. The largest absolute Gasteiger partial charge is 0.497 e. The summed E-state index contributed by atoms with van der Waals surface area (Å²) in [4.78, 5) is 13.2. The first-order valence-electron chi connectivity index (χ1n) is 13.2. The lowest BCUT2D eigenvalue weighted by Crippen LogP contribution is -2.38. The van der Waals surface area contributed by atoms with Crippen molar-refractivity contribution in [2.45, 2.75) is 16.7 Å². The highest BCUT2D eigenvalue weighted by Gasteiger charge is 2.27. The van der Waals surface area contributed by atoms with Gasteiger partial charge in [0.2, 0.25) is 5.91 Å². The van der Waals surface area contributed by atoms with Crippen molar-refractivity contribution in [2.24, 2.45) is 0 Å². The van der Waals surface area contributed by atoms with E-state index in [0.717, 1.165) is 20.6 Å². The third kappa shape index (κ3) is 6.63. The number of nitrogens with one attached hydrogen (secondary N) is 2. The summed E-state index contributed by atoms with van der Waals surface area (Å²) in [5, 5.41) is 4.33. The first-order chi connectivity index (χ1) is 20.6. The Balaban J connectivity index is 1.34. The average molecular weight is 616 g/mol. The van der Waals surface area contributed by atoms with Gasteiger partial charge in [-0.3, -0.25) is 13.8 Å². The van der Waals surface area contributed by atoms with E-state index in [1.54, 1.807) is 48.5 Å². The number of rotatable bonds is 10. The molecule has 0 bridgehead atoms. The Bertz CT molecular complexity index is 1970. The molecule has 0 fully saturated rings. The molecular formula is C32H29N3O6S2. The highest BCUT2D eigenvalue weighted by Crippen LogP contribution is 2.28. The van der Waals surface area contributed by atoms with Gasteiger partial charge in [0, 0.05) is 11.1 Å². The van der Waals surface area contributed by atoms with E-state index < -0.39 is 32.5 Å². The predicted molar refractivity (Wildman–Crippen MR) is 169 cm³/mol. The fourth-order valence-electron chi connectivity index (χ4n) is 4.47. The molecular weight excluding hydrogens is 587 g/mol. The van der Waals surface area contributed by atoms with Crippen LogP contribution >= 0.6 is 0 Å². The summed E-state index contributed by atoms with van der Waals surface area (Å²) < 4.78 is 62.3. The van der Waals surface area contributed by atoms with Crippen LogP contribution in [0.25, 0.3) is 10.8 Å². The maximum absolute atomic E-state index is 13.6. The zero-order valence-corrected chi connectivity index (χ0v) is 25.0. The molecule has 0 aliphatic rings. The van der Waals surface area contributed by atoms with Gasteiger partial charge in [0.15, 0.2) is 0 Å². The number of ether oxygens (including phenoxy) is 1. The number of carbonyl (C=O) groups is 1. The molecule has 9 nitrogen and oxygen atoms in total. The molecule has 2 N–H and O–H groups in total. The first kappa shape index (κ1) is 29.6. The van der Waals surface area contributed by atoms with Gasteiger partial charge in [-0.2, -0.15) is 0 Å². The van der Waals surface area contributed by atoms with E-state index in [0.29, 0.717) is 17.1 Å². The third-order valence-electron chi connectivity index (χ3n) is 6.74. The number of hydrogen-bond donors (Lipinski definition) is 2. The summed E-state index contributed by atoms with van der Waals surface area (Å²) in [5.41, 5.74) is 1.92. The summed E-state index contributed by atoms with van der Waals surface area (Å²) in [5.74, 6) is -0.0816. The van der Waals surface area contributed by atoms with E-state index in [4.69, 9.17) is 4.74 Å². The Hall–Kier alpha value is -4.87. The van der Waals surface area contributed by atoms with Gasteiger partial charge >= 0.3 is 0 Å². The lowest BCUT2D eigenvalue weighted by molar-refractivity contribution is -0.114. The fraction of sp³-hybridized carbons (Fsp3) is 0.0938. The fourth-order valence-corrected chi connectivity index (χ4v) is 6.97. The van der Waals surface area contributed by atoms with Crippen molar-refractivity contribution in [1.82, 2.24) is 0 Å². The van der Waals surface area contributed by atoms with Crippen LogP contribution in [-0.2, 0) is 24.8 Å². The number of aryl methyl sites for hydroxylation is 1. The van der Waals surface area contributed by atoms with Crippen molar-refractivity contribution < 1.29 is 26.4 Å². The van der Waals surface area contributed by atoms with Gasteiger partial charge in [0.1, 0.15) is 12.3 Å². The van der Waals surface area contributed by atoms with Gasteiger partial charge in [0.25, 0.3) is 20.0 Å². The van der Waals surface area contributed by atoms with E-state index in [-0.39, 0.29) is 15.5 Å². The van der Waals surface area contributed by atoms with Gasteiger partial charge in [0.05, 0.1) is 28.3 Å². The number of methoxy groups -OCH3 is 1. The van der Waals surface area contributed by atoms with Crippen LogP contribution in [0.2, 0.25) is 0 Å². The Morgan fingerprint density at radius 3 is 2.05 bits per heavy atom. The zero-order chi connectivity index (χ0) is 30.6. The number of benzene rings is 5. The quantitative estimate of drug-likeness (QED) is 0.205. The van der Waals surface area contributed by atoms with Crippen molar-refractivity contribution in [1.29, 1.82) is 0 Å². The Kier molecular flexibility index (Phi) is 8.38. The Morgan fingerprint density at radius 1 is 0.744 bits per heavy atom. The maximum atomic E-state index is 13.6. The molecule has 1 amide bonds. The standard InChI is InChI=1S/C32H29N3O6S2/c1-23-10-18-29(19-11-23)43(39,40)35(26-14-16-27(41-2)17-15-26)22-32(36)33-25-12-20-28(21-13-25)42(37,38)34-31-9-5-7-24-6-3-4-8-30(24)31/h3-21,34H,22H2,1-2H3,(H,33,36). The van der Waals surface area contributed by atoms with Gasteiger partial charge < -0.3 is 10.1 Å². The van der Waals surface area contributed by atoms with Gasteiger partial charge in [-0.1, -0.05) is 54.1 Å². The molecule has 0 spiro atoms. The monoisotopic (exact) mass is 615 g/mol. The molecule has 0 saturated carbocycles. The average Bonchev–Trinajstić information content (AvgIpc) is 3.00. The van der Waals surface area contributed by atoms with E-state index >= 15 is 0 Å². The molecule has 11 heteroatoms. The van der Waals surface area contributed by atoms with E-state index in [9.17, 15) is 21.6 Å². The molecule has 0 saturated heterocycles. The van der Waals surface area contributed by atoms with Crippen molar-refractivity contribution in [3.8, 4) is 5.75 Å². The van der Waals surface area contributed by atoms with Gasteiger partial charge in [-0.15, -0.1) is 0 Å². The molecule has 5 aromatic rings. The van der Waals surface area contributed by atoms with Crippen LogP contribution in [0, 0.1) is 6.92 Å². The third-order valence-corrected chi connectivity index (χ3v) is 9.91. The highest BCUT2D eigenvalue weighted by atomic mass is 32.2. The van der Waals surface area contributed by atoms with Crippen LogP contribution in [0.4, 0.5) is 17.1 Å². The summed E-state index contributed by atoms with van der Waals surface area (Å²) in [7, 11) is -6.53. The first-order valence-corrected chi connectivity index (χ1v) is 16.1. The molecule has 43 heavy (non-hydrogen) atoms. The van der Waals surface area contributed by atoms with Crippen LogP contribution in [0.5, 0.6) is 5.75 Å². The summed E-state index contributed by atoms with van der Waals surface area (Å²) in [6.07, 6.45) is 0. The van der Waals surface area contributed by atoms with Crippen LogP contribution in [0.1, 0.15) is 5.56 Å². The molecule has 0 radical (unpaired) electrons. The topological polar surface area (TPSA) is 122 Å². The number of amides is 1. The SMILES string of the molecule is COc1ccc(N(CC(=O)Nc2ccc(S(=O)(=O)Nc3cccc4ccccc34)cc2)S(=O)(=O)c2ccc(C)cc2)cc1. The minimum absolute atomic E-state index is 0.000223. The highest BCUT2D eigenvalue weighted by molar-refractivity contribution is 7.93. The zero-order valence-electron chi connectivity index (χ0n) is 23.4.